The molecule has 0 aromatic carbocycles. The molecule has 0 unspecified atom stereocenters. The van der Waals surface area contributed by atoms with Gasteiger partial charge in [0.1, 0.15) is 0 Å². The molecule has 2 aromatic heterocycles. The van der Waals surface area contributed by atoms with Crippen LogP contribution in [-0.2, 0) is 6.42 Å². The molecule has 15 heavy (non-hydrogen) atoms. The summed E-state index contributed by atoms with van der Waals surface area (Å²) in [5, 5.41) is 2.11. The highest BCUT2D eigenvalue weighted by Crippen LogP contribution is 2.38. The molecular formula is C9H4Br4S2. The Morgan fingerprint density at radius 1 is 1.07 bits per heavy atom. The Labute approximate surface area is 130 Å². The van der Waals surface area contributed by atoms with Gasteiger partial charge in [-0.05, 0) is 80.9 Å². The van der Waals surface area contributed by atoms with Gasteiger partial charge in [0, 0.05) is 16.3 Å². The van der Waals surface area contributed by atoms with Crippen LogP contribution in [0.25, 0.3) is 0 Å². The summed E-state index contributed by atoms with van der Waals surface area (Å²) in [4.78, 5) is 0. The zero-order valence-electron chi connectivity index (χ0n) is 7.19. The zero-order chi connectivity index (χ0) is 11.0. The molecule has 0 nitrogen and oxygen atoms in total. The molecule has 2 aromatic rings. The lowest BCUT2D eigenvalue weighted by Crippen LogP contribution is -1.85. The maximum atomic E-state index is 3.57. The number of rotatable bonds is 2. The van der Waals surface area contributed by atoms with Crippen molar-refractivity contribution in [2.24, 2.45) is 0 Å². The Hall–Kier alpha value is 1.32. The smallest absolute Gasteiger partial charge is 0.0745 e. The minimum Gasteiger partial charge on any atom is -0.135 e. The van der Waals surface area contributed by atoms with Gasteiger partial charge in [0.25, 0.3) is 0 Å². The van der Waals surface area contributed by atoms with E-state index >= 15 is 0 Å². The van der Waals surface area contributed by atoms with Crippen LogP contribution >= 0.6 is 86.4 Å². The molecule has 0 atom stereocenters. The quantitative estimate of drug-likeness (QED) is 0.449. The van der Waals surface area contributed by atoms with Gasteiger partial charge in [-0.2, -0.15) is 0 Å². The van der Waals surface area contributed by atoms with Crippen LogP contribution in [0.15, 0.2) is 27.3 Å². The van der Waals surface area contributed by atoms with Crippen LogP contribution in [0.3, 0.4) is 0 Å². The van der Waals surface area contributed by atoms with Crippen LogP contribution in [0.1, 0.15) is 11.1 Å². The van der Waals surface area contributed by atoms with E-state index in [1.165, 1.54) is 23.2 Å². The second-order valence-electron chi connectivity index (χ2n) is 2.86. The SMILES string of the molecule is Brc1cc(Cc2c(Br)csc2Br)c(Br)s1. The summed E-state index contributed by atoms with van der Waals surface area (Å²) < 4.78 is 4.73. The normalized spacial score (nSPS) is 10.9. The maximum absolute atomic E-state index is 3.57. The number of halogens is 4. The number of hydrogen-bond donors (Lipinski definition) is 0. The summed E-state index contributed by atoms with van der Waals surface area (Å²) in [7, 11) is 0. The fourth-order valence-electron chi connectivity index (χ4n) is 1.18. The minimum atomic E-state index is 0.938. The second kappa shape index (κ2) is 5.31. The molecule has 0 aliphatic heterocycles. The fraction of sp³-hybridized carbons (Fsp3) is 0.111. The van der Waals surface area contributed by atoms with Gasteiger partial charge in [-0.15, -0.1) is 22.7 Å². The molecular weight excluding hydrogens is 492 g/mol. The van der Waals surface area contributed by atoms with Gasteiger partial charge >= 0.3 is 0 Å². The standard InChI is InChI=1S/C9H4Br4S2/c10-6-3-14-9(13)5(6)1-4-2-7(11)15-8(4)12/h2-3H,1H2. The molecule has 0 amide bonds. The van der Waals surface area contributed by atoms with Crippen LogP contribution in [0.4, 0.5) is 0 Å². The molecule has 80 valence electrons. The molecule has 0 bridgehead atoms. The highest BCUT2D eigenvalue weighted by atomic mass is 79.9. The molecule has 6 heteroatoms. The highest BCUT2D eigenvalue weighted by molar-refractivity contribution is 9.12. The maximum Gasteiger partial charge on any atom is 0.0745 e. The molecule has 0 saturated heterocycles. The third kappa shape index (κ3) is 2.96. The largest absolute Gasteiger partial charge is 0.135 e. The van der Waals surface area contributed by atoms with Gasteiger partial charge in [-0.1, -0.05) is 0 Å². The van der Waals surface area contributed by atoms with E-state index in [1.54, 1.807) is 22.7 Å². The highest BCUT2D eigenvalue weighted by Gasteiger charge is 2.12. The van der Waals surface area contributed by atoms with Crippen LogP contribution in [0.5, 0.6) is 0 Å². The topological polar surface area (TPSA) is 0 Å². The Balaban J connectivity index is 2.33. The average Bonchev–Trinajstić information content (AvgIpc) is 2.63. The van der Waals surface area contributed by atoms with Crippen LogP contribution < -0.4 is 0 Å². The summed E-state index contributed by atoms with van der Waals surface area (Å²) in [5.41, 5.74) is 2.62. The van der Waals surface area contributed by atoms with E-state index in [2.05, 4.69) is 75.2 Å². The summed E-state index contributed by atoms with van der Waals surface area (Å²) >= 11 is 17.6. The van der Waals surface area contributed by atoms with Crippen LogP contribution in [0.2, 0.25) is 0 Å². The predicted molar refractivity (Wildman–Crippen MR) is 82.2 cm³/mol. The van der Waals surface area contributed by atoms with E-state index in [0.717, 1.165) is 10.2 Å². The van der Waals surface area contributed by atoms with Crippen molar-refractivity contribution in [3.8, 4) is 0 Å². The molecule has 0 aliphatic carbocycles. The lowest BCUT2D eigenvalue weighted by atomic mass is 10.1. The van der Waals surface area contributed by atoms with Gasteiger partial charge < -0.3 is 0 Å². The van der Waals surface area contributed by atoms with E-state index in [4.69, 9.17) is 0 Å². The van der Waals surface area contributed by atoms with Crippen molar-refractivity contribution in [3.63, 3.8) is 0 Å². The van der Waals surface area contributed by atoms with E-state index in [-0.39, 0.29) is 0 Å². The first-order chi connectivity index (χ1) is 7.08. The van der Waals surface area contributed by atoms with Crippen molar-refractivity contribution in [1.82, 2.24) is 0 Å². The molecule has 2 rings (SSSR count). The molecule has 0 spiro atoms. The first-order valence-electron chi connectivity index (χ1n) is 3.93. The van der Waals surface area contributed by atoms with Gasteiger partial charge in [-0.3, -0.25) is 0 Å². The lowest BCUT2D eigenvalue weighted by Gasteiger charge is -1.99. The molecule has 2 heterocycles. The summed E-state index contributed by atoms with van der Waals surface area (Å²) in [6, 6.07) is 2.16. The minimum absolute atomic E-state index is 0.938. The third-order valence-corrected chi connectivity index (χ3v) is 7.21. The predicted octanol–water partition coefficient (Wildman–Crippen LogP) is 6.45. The fourth-order valence-corrected chi connectivity index (χ4v) is 6.33. The van der Waals surface area contributed by atoms with Crippen LogP contribution in [-0.4, -0.2) is 0 Å². The van der Waals surface area contributed by atoms with Crippen molar-refractivity contribution in [3.05, 3.63) is 38.4 Å². The van der Waals surface area contributed by atoms with E-state index in [1.807, 2.05) is 0 Å². The Bertz CT molecular complexity index is 467. The Morgan fingerprint density at radius 3 is 2.27 bits per heavy atom. The summed E-state index contributed by atoms with van der Waals surface area (Å²) in [5.74, 6) is 0. The monoisotopic (exact) mass is 492 g/mol. The average molecular weight is 496 g/mol. The third-order valence-electron chi connectivity index (χ3n) is 1.89. The van der Waals surface area contributed by atoms with Gasteiger partial charge in [0.05, 0.1) is 11.4 Å². The Kier molecular flexibility index (Phi) is 4.52. The molecule has 0 N–H and O–H groups in total. The van der Waals surface area contributed by atoms with E-state index < -0.39 is 0 Å². The lowest BCUT2D eigenvalue weighted by molar-refractivity contribution is 1.20. The van der Waals surface area contributed by atoms with Crippen molar-refractivity contribution in [1.29, 1.82) is 0 Å². The van der Waals surface area contributed by atoms with Gasteiger partial charge in [0.15, 0.2) is 0 Å². The summed E-state index contributed by atoms with van der Waals surface area (Å²) in [6.45, 7) is 0. The molecule has 0 aliphatic rings. The van der Waals surface area contributed by atoms with Crippen molar-refractivity contribution >= 4 is 86.4 Å². The van der Waals surface area contributed by atoms with E-state index in [0.29, 0.717) is 0 Å². The second-order valence-corrected chi connectivity index (χ2v) is 9.66. The van der Waals surface area contributed by atoms with Crippen molar-refractivity contribution in [2.45, 2.75) is 6.42 Å². The molecule has 0 fully saturated rings. The number of thiophene rings is 2. The first-order valence-corrected chi connectivity index (χ1v) is 8.80. The van der Waals surface area contributed by atoms with Gasteiger partial charge in [-0.25, -0.2) is 0 Å². The summed E-state index contributed by atoms with van der Waals surface area (Å²) in [6.07, 6.45) is 0.938. The number of hydrogen-bond acceptors (Lipinski definition) is 2. The van der Waals surface area contributed by atoms with Crippen molar-refractivity contribution < 1.29 is 0 Å². The molecule has 0 saturated carbocycles. The van der Waals surface area contributed by atoms with Crippen molar-refractivity contribution in [2.75, 3.05) is 0 Å². The first kappa shape index (κ1) is 12.8. The van der Waals surface area contributed by atoms with Crippen LogP contribution in [0, 0.1) is 0 Å². The Morgan fingerprint density at radius 2 is 1.80 bits per heavy atom. The van der Waals surface area contributed by atoms with E-state index in [9.17, 15) is 0 Å². The van der Waals surface area contributed by atoms with Gasteiger partial charge in [0.2, 0.25) is 0 Å². The zero-order valence-corrected chi connectivity index (χ0v) is 15.2. The molecule has 0 radical (unpaired) electrons.